The van der Waals surface area contributed by atoms with Crippen LogP contribution in [0.15, 0.2) is 48.6 Å². The van der Waals surface area contributed by atoms with Crippen LogP contribution in [-0.4, -0.2) is 41.0 Å². The Labute approximate surface area is 305 Å². The van der Waals surface area contributed by atoms with Crippen LogP contribution in [-0.2, 0) is 28.2 Å². The lowest BCUT2D eigenvalue weighted by atomic mass is 10.1. The Hall–Kier alpha value is -1.99. The standard InChI is InChI=1S/C41H73O8P/c1-3-5-7-9-11-13-15-17-19-20-22-23-25-27-29-31-33-35-40(42)47-37-39(38-48-50(44,45)46)49-41(43)36-34-32-30-28-26-24-21-18-16-14-12-10-8-6-4-2/h12-15,18,21,26,28,39H,3-11,16-17,19-20,22-25,27,29-38H2,1-2H3,(H2,44,45,46)/b14-12+,15-13+,21-18+,28-26+/t39-/m1/s1. The second-order valence-electron chi connectivity index (χ2n) is 13.2. The van der Waals surface area contributed by atoms with Crippen molar-refractivity contribution in [3.63, 3.8) is 0 Å². The number of rotatable bonds is 36. The Morgan fingerprint density at radius 3 is 1.44 bits per heavy atom. The molecule has 1 atom stereocenters. The molecule has 0 aliphatic carbocycles. The quantitative estimate of drug-likeness (QED) is 0.0284. The summed E-state index contributed by atoms with van der Waals surface area (Å²) in [5.74, 6) is -0.933. The summed E-state index contributed by atoms with van der Waals surface area (Å²) in [5, 5.41) is 0. The molecule has 0 radical (unpaired) electrons. The summed E-state index contributed by atoms with van der Waals surface area (Å²) < 4.78 is 26.3. The number of allylic oxidation sites excluding steroid dienone is 8. The lowest BCUT2D eigenvalue weighted by Gasteiger charge is -2.18. The van der Waals surface area contributed by atoms with E-state index in [0.717, 1.165) is 51.4 Å². The van der Waals surface area contributed by atoms with Gasteiger partial charge in [-0.25, -0.2) is 4.57 Å². The molecule has 0 aromatic heterocycles. The Bertz CT molecular complexity index is 952. The number of phosphoric acid groups is 1. The van der Waals surface area contributed by atoms with Gasteiger partial charge in [-0.15, -0.1) is 0 Å². The first kappa shape index (κ1) is 48.0. The summed E-state index contributed by atoms with van der Waals surface area (Å²) in [6.45, 7) is 3.61. The summed E-state index contributed by atoms with van der Waals surface area (Å²) in [6.07, 6.45) is 44.0. The van der Waals surface area contributed by atoms with Crippen LogP contribution in [0.4, 0.5) is 0 Å². The van der Waals surface area contributed by atoms with Crippen LogP contribution in [0.25, 0.3) is 0 Å². The fraction of sp³-hybridized carbons (Fsp3) is 0.756. The third kappa shape index (κ3) is 38.8. The highest BCUT2D eigenvalue weighted by molar-refractivity contribution is 7.46. The zero-order chi connectivity index (χ0) is 36.8. The van der Waals surface area contributed by atoms with Gasteiger partial charge in [0.25, 0.3) is 0 Å². The molecule has 8 nitrogen and oxygen atoms in total. The number of carbonyl (C=O) groups is 2. The molecule has 9 heteroatoms. The van der Waals surface area contributed by atoms with Gasteiger partial charge in [-0.3, -0.25) is 14.1 Å². The lowest BCUT2D eigenvalue weighted by molar-refractivity contribution is -0.161. The Kier molecular flexibility index (Phi) is 35.3. The van der Waals surface area contributed by atoms with Crippen molar-refractivity contribution in [1.29, 1.82) is 0 Å². The molecule has 0 saturated heterocycles. The summed E-state index contributed by atoms with van der Waals surface area (Å²) >= 11 is 0. The predicted octanol–water partition coefficient (Wildman–Crippen LogP) is 12.0. The van der Waals surface area contributed by atoms with Crippen LogP contribution in [0, 0.1) is 0 Å². The molecule has 50 heavy (non-hydrogen) atoms. The van der Waals surface area contributed by atoms with E-state index >= 15 is 0 Å². The lowest BCUT2D eigenvalue weighted by Crippen LogP contribution is -2.29. The van der Waals surface area contributed by atoms with E-state index in [-0.39, 0.29) is 19.4 Å². The molecule has 0 aliphatic rings. The zero-order valence-corrected chi connectivity index (χ0v) is 32.7. The molecule has 0 aromatic rings. The molecule has 0 fully saturated rings. The van der Waals surface area contributed by atoms with E-state index in [1.54, 1.807) is 0 Å². The van der Waals surface area contributed by atoms with Crippen molar-refractivity contribution < 1.29 is 37.9 Å². The third-order valence-electron chi connectivity index (χ3n) is 8.32. The molecule has 0 rings (SSSR count). The topological polar surface area (TPSA) is 119 Å². The highest BCUT2D eigenvalue weighted by Crippen LogP contribution is 2.36. The number of hydrogen-bond donors (Lipinski definition) is 2. The molecule has 0 amide bonds. The highest BCUT2D eigenvalue weighted by atomic mass is 31.2. The van der Waals surface area contributed by atoms with Crippen molar-refractivity contribution >= 4 is 19.8 Å². The predicted molar refractivity (Wildman–Crippen MR) is 207 cm³/mol. The molecule has 2 N–H and O–H groups in total. The van der Waals surface area contributed by atoms with Gasteiger partial charge < -0.3 is 19.3 Å². The number of carbonyl (C=O) groups excluding carboxylic acids is 2. The van der Waals surface area contributed by atoms with E-state index in [4.69, 9.17) is 19.3 Å². The highest BCUT2D eigenvalue weighted by Gasteiger charge is 2.22. The number of esters is 2. The maximum absolute atomic E-state index is 12.4. The summed E-state index contributed by atoms with van der Waals surface area (Å²) in [5.41, 5.74) is 0. The zero-order valence-electron chi connectivity index (χ0n) is 31.8. The fourth-order valence-electron chi connectivity index (χ4n) is 5.31. The fourth-order valence-corrected chi connectivity index (χ4v) is 5.67. The minimum absolute atomic E-state index is 0.162. The van der Waals surface area contributed by atoms with E-state index in [2.05, 4.69) is 67.0 Å². The summed E-state index contributed by atoms with van der Waals surface area (Å²) in [7, 11) is -4.76. The van der Waals surface area contributed by atoms with Crippen LogP contribution in [0.3, 0.4) is 0 Å². The van der Waals surface area contributed by atoms with Crippen molar-refractivity contribution in [2.24, 2.45) is 0 Å². The molecule has 0 unspecified atom stereocenters. The third-order valence-corrected chi connectivity index (χ3v) is 8.81. The largest absolute Gasteiger partial charge is 0.469 e. The van der Waals surface area contributed by atoms with E-state index < -0.39 is 32.5 Å². The minimum atomic E-state index is -4.76. The molecule has 0 saturated carbocycles. The van der Waals surface area contributed by atoms with Crippen molar-refractivity contribution in [3.05, 3.63) is 48.6 Å². The van der Waals surface area contributed by atoms with Gasteiger partial charge in [-0.05, 0) is 77.0 Å². The molecule has 0 spiro atoms. The van der Waals surface area contributed by atoms with Gasteiger partial charge >= 0.3 is 19.8 Å². The van der Waals surface area contributed by atoms with Crippen molar-refractivity contribution in [3.8, 4) is 0 Å². The van der Waals surface area contributed by atoms with Gasteiger partial charge in [0, 0.05) is 12.8 Å². The monoisotopic (exact) mass is 725 g/mol. The van der Waals surface area contributed by atoms with Gasteiger partial charge in [-0.1, -0.05) is 140 Å². The van der Waals surface area contributed by atoms with Crippen molar-refractivity contribution in [2.45, 2.75) is 187 Å². The van der Waals surface area contributed by atoms with Crippen LogP contribution in [0.5, 0.6) is 0 Å². The number of phosphoric ester groups is 1. The van der Waals surface area contributed by atoms with Gasteiger partial charge in [0.2, 0.25) is 0 Å². The second kappa shape index (κ2) is 36.8. The minimum Gasteiger partial charge on any atom is -0.462 e. The van der Waals surface area contributed by atoms with Crippen molar-refractivity contribution in [1.82, 2.24) is 0 Å². The van der Waals surface area contributed by atoms with E-state index in [1.165, 1.54) is 89.9 Å². The second-order valence-corrected chi connectivity index (χ2v) is 14.5. The maximum atomic E-state index is 12.4. The molecular formula is C41H73O8P. The normalized spacial score (nSPS) is 13.0. The molecule has 0 aromatic carbocycles. The number of hydrogen-bond acceptors (Lipinski definition) is 6. The van der Waals surface area contributed by atoms with Gasteiger partial charge in [0.15, 0.2) is 6.10 Å². The van der Waals surface area contributed by atoms with Crippen LogP contribution < -0.4 is 0 Å². The van der Waals surface area contributed by atoms with Gasteiger partial charge in [0.05, 0.1) is 6.61 Å². The Morgan fingerprint density at radius 2 is 0.900 bits per heavy atom. The van der Waals surface area contributed by atoms with Crippen LogP contribution in [0.1, 0.15) is 181 Å². The summed E-state index contributed by atoms with van der Waals surface area (Å²) in [4.78, 5) is 42.7. The molecule has 290 valence electrons. The van der Waals surface area contributed by atoms with Crippen LogP contribution in [0.2, 0.25) is 0 Å². The molecule has 0 aliphatic heterocycles. The molecular weight excluding hydrogens is 651 g/mol. The molecule has 0 bridgehead atoms. The van der Waals surface area contributed by atoms with Gasteiger partial charge in [0.1, 0.15) is 6.61 Å². The summed E-state index contributed by atoms with van der Waals surface area (Å²) in [6, 6.07) is 0. The Morgan fingerprint density at radius 1 is 0.520 bits per heavy atom. The number of unbranched alkanes of at least 4 members (excludes halogenated alkanes) is 18. The Balaban J connectivity index is 4.00. The van der Waals surface area contributed by atoms with Crippen molar-refractivity contribution in [2.75, 3.05) is 13.2 Å². The average Bonchev–Trinajstić information content (AvgIpc) is 3.08. The average molecular weight is 725 g/mol. The first-order valence-electron chi connectivity index (χ1n) is 19.9. The first-order chi connectivity index (χ1) is 24.3. The van der Waals surface area contributed by atoms with Gasteiger partial charge in [-0.2, -0.15) is 0 Å². The SMILES string of the molecule is CCCCC/C=C/C/C=C/C/C=C/CCCCC(=O)O[C@H](COC(=O)CCCCCCCCCCC/C=C/CCCCCC)COP(=O)(O)O. The first-order valence-corrected chi connectivity index (χ1v) is 21.5. The van der Waals surface area contributed by atoms with E-state index in [9.17, 15) is 14.2 Å². The number of ether oxygens (including phenoxy) is 2. The molecule has 0 heterocycles. The smallest absolute Gasteiger partial charge is 0.462 e. The van der Waals surface area contributed by atoms with E-state index in [0.29, 0.717) is 12.8 Å². The maximum Gasteiger partial charge on any atom is 0.469 e. The van der Waals surface area contributed by atoms with E-state index in [1.807, 2.05) is 0 Å². The van der Waals surface area contributed by atoms with Crippen LogP contribution >= 0.6 is 7.82 Å².